The number of hydrogen-bond acceptors (Lipinski definition) is 11. The SMILES string of the molecule is CCOC(C)(OCC)OOC(=O)OOC(=O)OC(C)(OCC)OCC. The Morgan fingerprint density at radius 1 is 0.640 bits per heavy atom. The maximum atomic E-state index is 11.5. The molecule has 0 N–H and O–H groups in total. The second-order valence-electron chi connectivity index (χ2n) is 4.39. The van der Waals surface area contributed by atoms with E-state index >= 15 is 0 Å². The van der Waals surface area contributed by atoms with Crippen molar-refractivity contribution in [3.63, 3.8) is 0 Å². The van der Waals surface area contributed by atoms with Crippen LogP contribution in [0.25, 0.3) is 0 Å². The van der Waals surface area contributed by atoms with E-state index in [0.29, 0.717) is 0 Å². The van der Waals surface area contributed by atoms with E-state index in [2.05, 4.69) is 19.6 Å². The van der Waals surface area contributed by atoms with Crippen LogP contribution in [0.4, 0.5) is 9.59 Å². The fourth-order valence-electron chi connectivity index (χ4n) is 1.60. The summed E-state index contributed by atoms with van der Waals surface area (Å²) in [6.07, 6.45) is -2.88. The van der Waals surface area contributed by atoms with Crippen LogP contribution in [0.2, 0.25) is 0 Å². The van der Waals surface area contributed by atoms with Gasteiger partial charge in [0.1, 0.15) is 0 Å². The molecule has 0 amide bonds. The van der Waals surface area contributed by atoms with Gasteiger partial charge >= 0.3 is 24.3 Å². The van der Waals surface area contributed by atoms with Crippen LogP contribution in [-0.4, -0.2) is 50.7 Å². The molecule has 0 saturated carbocycles. The lowest BCUT2D eigenvalue weighted by Crippen LogP contribution is -2.39. The van der Waals surface area contributed by atoms with Gasteiger partial charge in [-0.15, -0.1) is 4.89 Å². The van der Waals surface area contributed by atoms with Crippen LogP contribution >= 0.6 is 0 Å². The molecule has 0 spiro atoms. The number of carbonyl (C=O) groups excluding carboxylic acids is 2. The van der Waals surface area contributed by atoms with Gasteiger partial charge in [-0.05, 0) is 27.7 Å². The normalized spacial score (nSPS) is 11.8. The Labute approximate surface area is 146 Å². The molecule has 148 valence electrons. The highest BCUT2D eigenvalue weighted by molar-refractivity contribution is 5.63. The molecule has 0 fully saturated rings. The highest BCUT2D eigenvalue weighted by atomic mass is 17.3. The summed E-state index contributed by atoms with van der Waals surface area (Å²) < 4.78 is 25.2. The van der Waals surface area contributed by atoms with Crippen molar-refractivity contribution >= 4 is 12.3 Å². The van der Waals surface area contributed by atoms with Crippen molar-refractivity contribution in [2.24, 2.45) is 0 Å². The van der Waals surface area contributed by atoms with Crippen LogP contribution in [-0.2, 0) is 43.2 Å². The Morgan fingerprint density at radius 3 is 1.48 bits per heavy atom. The first-order chi connectivity index (χ1) is 11.7. The third kappa shape index (κ3) is 10.0. The lowest BCUT2D eigenvalue weighted by molar-refractivity contribution is -0.484. The molecule has 0 saturated heterocycles. The minimum Gasteiger partial charge on any atom is -0.374 e. The standard InChI is InChI=1S/C14H26O11/c1-7-17-13(5,18-8-2)21-11(15)22-23-12(16)24-25-14(6,19-9-3)20-10-4/h7-10H2,1-6H3. The molecule has 0 heterocycles. The Balaban J connectivity index is 4.33. The van der Waals surface area contributed by atoms with Crippen molar-refractivity contribution in [2.45, 2.75) is 53.5 Å². The Kier molecular flexibility index (Phi) is 11.0. The minimum absolute atomic E-state index is 0.202. The molecule has 11 nitrogen and oxygen atoms in total. The molecule has 0 aromatic heterocycles. The molecule has 0 radical (unpaired) electrons. The van der Waals surface area contributed by atoms with Gasteiger partial charge in [-0.2, -0.15) is 19.4 Å². The number of hydrogen-bond donors (Lipinski definition) is 0. The van der Waals surface area contributed by atoms with Gasteiger partial charge < -0.3 is 23.7 Å². The van der Waals surface area contributed by atoms with Crippen molar-refractivity contribution in [2.75, 3.05) is 26.4 Å². The first kappa shape index (κ1) is 23.3. The fraction of sp³-hybridized carbons (Fsp3) is 0.857. The molecule has 0 bridgehead atoms. The molecule has 25 heavy (non-hydrogen) atoms. The van der Waals surface area contributed by atoms with Gasteiger partial charge in [0.15, 0.2) is 0 Å². The van der Waals surface area contributed by atoms with Crippen LogP contribution in [0.15, 0.2) is 0 Å². The van der Waals surface area contributed by atoms with Crippen molar-refractivity contribution < 1.29 is 52.8 Å². The predicted octanol–water partition coefficient (Wildman–Crippen LogP) is 2.63. The zero-order valence-electron chi connectivity index (χ0n) is 15.3. The first-order valence-electron chi connectivity index (χ1n) is 7.77. The largest absolute Gasteiger partial charge is 0.582 e. The quantitative estimate of drug-likeness (QED) is 0.231. The second kappa shape index (κ2) is 11.8. The predicted molar refractivity (Wildman–Crippen MR) is 79.5 cm³/mol. The molecule has 0 unspecified atom stereocenters. The molecule has 0 aliphatic rings. The van der Waals surface area contributed by atoms with Gasteiger partial charge in [-0.3, -0.25) is 4.89 Å². The van der Waals surface area contributed by atoms with E-state index in [1.165, 1.54) is 13.8 Å². The van der Waals surface area contributed by atoms with E-state index in [1.54, 1.807) is 27.7 Å². The van der Waals surface area contributed by atoms with Crippen LogP contribution in [0.3, 0.4) is 0 Å². The number of rotatable bonds is 11. The second-order valence-corrected chi connectivity index (χ2v) is 4.39. The van der Waals surface area contributed by atoms with E-state index in [1.807, 2.05) is 0 Å². The summed E-state index contributed by atoms with van der Waals surface area (Å²) in [6.45, 7) is 10.3. The summed E-state index contributed by atoms with van der Waals surface area (Å²) in [4.78, 5) is 40.0. The molecule has 0 aliphatic carbocycles. The van der Waals surface area contributed by atoms with Crippen molar-refractivity contribution in [3.8, 4) is 0 Å². The maximum absolute atomic E-state index is 11.5. The van der Waals surface area contributed by atoms with E-state index in [-0.39, 0.29) is 26.4 Å². The Morgan fingerprint density at radius 2 is 1.04 bits per heavy atom. The van der Waals surface area contributed by atoms with Gasteiger partial charge in [0.25, 0.3) is 0 Å². The average Bonchev–Trinajstić information content (AvgIpc) is 2.52. The zero-order valence-corrected chi connectivity index (χ0v) is 15.3. The van der Waals surface area contributed by atoms with E-state index in [0.717, 1.165) is 0 Å². The summed E-state index contributed by atoms with van der Waals surface area (Å²) in [6, 6.07) is 0. The minimum atomic E-state index is -1.69. The van der Waals surface area contributed by atoms with Gasteiger partial charge in [-0.1, -0.05) is 0 Å². The number of carbonyl (C=O) groups is 2. The summed E-state index contributed by atoms with van der Waals surface area (Å²) in [7, 11) is 0. The average molecular weight is 370 g/mol. The molecular formula is C14H26O11. The van der Waals surface area contributed by atoms with E-state index in [4.69, 9.17) is 23.7 Å². The van der Waals surface area contributed by atoms with Crippen molar-refractivity contribution in [1.29, 1.82) is 0 Å². The smallest absolute Gasteiger partial charge is 0.374 e. The van der Waals surface area contributed by atoms with Gasteiger partial charge in [-0.25, -0.2) is 0 Å². The van der Waals surface area contributed by atoms with Gasteiger partial charge in [0.2, 0.25) is 0 Å². The molecule has 11 heteroatoms. The van der Waals surface area contributed by atoms with E-state index in [9.17, 15) is 9.59 Å². The summed E-state index contributed by atoms with van der Waals surface area (Å²) >= 11 is 0. The summed E-state index contributed by atoms with van der Waals surface area (Å²) in [5.41, 5.74) is 0. The Hall–Kier alpha value is -1.66. The van der Waals surface area contributed by atoms with Crippen molar-refractivity contribution in [1.82, 2.24) is 0 Å². The van der Waals surface area contributed by atoms with Gasteiger partial charge in [0.05, 0.1) is 13.2 Å². The first-order valence-corrected chi connectivity index (χ1v) is 7.77. The lowest BCUT2D eigenvalue weighted by atomic mass is 10.6. The summed E-state index contributed by atoms with van der Waals surface area (Å²) in [5, 5.41) is 0. The van der Waals surface area contributed by atoms with Crippen LogP contribution < -0.4 is 0 Å². The molecule has 0 atom stereocenters. The Bertz CT molecular complexity index is 386. The maximum Gasteiger partial charge on any atom is 0.582 e. The van der Waals surface area contributed by atoms with Crippen LogP contribution in [0.5, 0.6) is 0 Å². The molecule has 0 aliphatic heterocycles. The highest BCUT2D eigenvalue weighted by Crippen LogP contribution is 2.17. The highest BCUT2D eigenvalue weighted by Gasteiger charge is 2.33. The monoisotopic (exact) mass is 370 g/mol. The topological polar surface area (TPSA) is 117 Å². The third-order valence-electron chi connectivity index (χ3n) is 2.33. The van der Waals surface area contributed by atoms with Gasteiger partial charge in [0, 0.05) is 27.1 Å². The lowest BCUT2D eigenvalue weighted by Gasteiger charge is -2.27. The summed E-state index contributed by atoms with van der Waals surface area (Å²) in [5.74, 6) is -3.32. The van der Waals surface area contributed by atoms with Crippen molar-refractivity contribution in [3.05, 3.63) is 0 Å². The molecular weight excluding hydrogens is 344 g/mol. The molecule has 0 aromatic carbocycles. The molecule has 0 aromatic rings. The van der Waals surface area contributed by atoms with E-state index < -0.39 is 24.3 Å². The third-order valence-corrected chi connectivity index (χ3v) is 2.33. The fourth-order valence-corrected chi connectivity index (χ4v) is 1.60. The van der Waals surface area contributed by atoms with Crippen LogP contribution in [0.1, 0.15) is 41.5 Å². The molecule has 0 rings (SSSR count). The zero-order chi connectivity index (χ0) is 19.3. The number of ether oxygens (including phenoxy) is 5. The van der Waals surface area contributed by atoms with Crippen LogP contribution in [0, 0.1) is 0 Å².